The van der Waals surface area contributed by atoms with Gasteiger partial charge in [0.25, 0.3) is 0 Å². The van der Waals surface area contributed by atoms with Gasteiger partial charge in [0.05, 0.1) is 31.9 Å². The molecule has 0 aliphatic rings. The molecule has 0 unspecified atom stereocenters. The normalized spacial score (nSPS) is 12.8. The molecule has 368 valence electrons. The van der Waals surface area contributed by atoms with Crippen molar-refractivity contribution in [3.8, 4) is 11.4 Å². The second-order valence-corrected chi connectivity index (χ2v) is 33.4. The number of nitrogens with zero attached hydrogens (tertiary/aromatic N) is 2. The monoisotopic (exact) mass is 1020 g/mol. The number of hydrogen-bond donors (Lipinski definition) is 0. The van der Waals surface area contributed by atoms with Gasteiger partial charge >= 0.3 is 0 Å². The van der Waals surface area contributed by atoms with Gasteiger partial charge in [-0.3, -0.25) is 0 Å². The van der Waals surface area contributed by atoms with Crippen LogP contribution in [0.3, 0.4) is 0 Å². The van der Waals surface area contributed by atoms with E-state index in [0.717, 1.165) is 44.1 Å². The van der Waals surface area contributed by atoms with Gasteiger partial charge in [0.2, 0.25) is 9.84 Å². The van der Waals surface area contributed by atoms with E-state index in [1.165, 1.54) is 42.0 Å². The van der Waals surface area contributed by atoms with Crippen LogP contribution >= 0.6 is 0 Å². The Kier molecular flexibility index (Phi) is 11.7. The number of sulfone groups is 1. The summed E-state index contributed by atoms with van der Waals surface area (Å²) in [6.45, 7) is 14.8. The maximum absolute atomic E-state index is 14.8. The van der Waals surface area contributed by atoms with Crippen LogP contribution in [0.1, 0.15) is 41.5 Å². The topological polar surface area (TPSA) is 44.0 Å². The average Bonchev–Trinajstić information content (AvgIpc) is 3.95. The zero-order chi connectivity index (χ0) is 51.7. The summed E-state index contributed by atoms with van der Waals surface area (Å²) in [5.41, 5.74) is 6.20. The van der Waals surface area contributed by atoms with Gasteiger partial charge in [-0.25, -0.2) is 8.42 Å². The highest BCUT2D eigenvalue weighted by molar-refractivity contribution is 7.91. The van der Waals surface area contributed by atoms with Gasteiger partial charge in [0.1, 0.15) is 0 Å². The molecule has 0 radical (unpaired) electrons. The molecule has 75 heavy (non-hydrogen) atoms. The molecule has 12 rings (SSSR count). The van der Waals surface area contributed by atoms with E-state index >= 15 is 0 Å². The molecule has 4 nitrogen and oxygen atoms in total. The summed E-state index contributed by atoms with van der Waals surface area (Å²) in [7, 11) is -10.2. The number of benzene rings is 10. The maximum Gasteiger partial charge on any atom is 0.206 e. The van der Waals surface area contributed by atoms with Crippen molar-refractivity contribution in [3.63, 3.8) is 0 Å². The van der Waals surface area contributed by atoms with Gasteiger partial charge in [-0.1, -0.05) is 230 Å². The van der Waals surface area contributed by atoms with Gasteiger partial charge in [0, 0.05) is 32.9 Å². The molecule has 0 fully saturated rings. The Balaban J connectivity index is 1.14. The van der Waals surface area contributed by atoms with Gasteiger partial charge < -0.3 is 9.13 Å². The summed E-state index contributed by atoms with van der Waals surface area (Å²) < 4.78 is 34.3. The van der Waals surface area contributed by atoms with Crippen LogP contribution in [0.2, 0.25) is 10.1 Å². The number of aromatic nitrogens is 2. The number of rotatable bonds is 10. The van der Waals surface area contributed by atoms with E-state index in [4.69, 9.17) is 0 Å². The fraction of sp³-hybridized carbons (Fsp3) is 0.118. The van der Waals surface area contributed by atoms with E-state index in [1.807, 2.05) is 36.4 Å². The molecule has 10 aromatic carbocycles. The Morgan fingerprint density at radius 3 is 1.03 bits per heavy atom. The highest BCUT2D eigenvalue weighted by Gasteiger charge is 2.57. The molecule has 2 heterocycles. The zero-order valence-electron chi connectivity index (χ0n) is 43.4. The first-order chi connectivity index (χ1) is 36.3. The van der Waals surface area contributed by atoms with Crippen LogP contribution in [-0.4, -0.2) is 33.7 Å². The van der Waals surface area contributed by atoms with Crippen LogP contribution < -0.4 is 31.1 Å². The average molecular weight is 1030 g/mol. The summed E-state index contributed by atoms with van der Waals surface area (Å²) in [5, 5.41) is 12.4. The number of hydrogen-bond acceptors (Lipinski definition) is 2. The largest absolute Gasteiger partial charge is 0.309 e. The Hall–Kier alpha value is -7.82. The third-order valence-corrected chi connectivity index (χ3v) is 29.9. The second kappa shape index (κ2) is 18.2. The lowest BCUT2D eigenvalue weighted by Crippen LogP contribution is -2.82. The predicted octanol–water partition coefficient (Wildman–Crippen LogP) is 13.3. The highest BCUT2D eigenvalue weighted by Crippen LogP contribution is 2.43. The van der Waals surface area contributed by atoms with Gasteiger partial charge in [-0.15, -0.1) is 0 Å². The van der Waals surface area contributed by atoms with Crippen LogP contribution in [0.4, 0.5) is 0 Å². The van der Waals surface area contributed by atoms with Crippen molar-refractivity contribution >= 4 is 101 Å². The van der Waals surface area contributed by atoms with E-state index < -0.39 is 26.0 Å². The van der Waals surface area contributed by atoms with Crippen molar-refractivity contribution in [2.45, 2.75) is 61.4 Å². The van der Waals surface area contributed by atoms with Crippen molar-refractivity contribution in [2.24, 2.45) is 0 Å². The Morgan fingerprint density at radius 2 is 0.640 bits per heavy atom. The molecule has 7 heteroatoms. The third kappa shape index (κ3) is 7.38. The lowest BCUT2D eigenvalue weighted by atomic mass is 10.1. The minimum Gasteiger partial charge on any atom is -0.309 e. The summed E-state index contributed by atoms with van der Waals surface area (Å²) in [6.07, 6.45) is 0. The first-order valence-electron chi connectivity index (χ1n) is 26.0. The number of fused-ring (bicyclic) bond motifs is 6. The molecular formula is C68H60N2O2SSi2. The third-order valence-electron chi connectivity index (χ3n) is 16.1. The molecule has 0 aliphatic heterocycles. The van der Waals surface area contributed by atoms with E-state index in [0.29, 0.717) is 0 Å². The van der Waals surface area contributed by atoms with E-state index in [9.17, 15) is 8.42 Å². The van der Waals surface area contributed by atoms with Crippen molar-refractivity contribution in [1.82, 2.24) is 9.13 Å². The standard InChI is InChI=1S/C68H60N2O2SSi2/c1-67(2,3)74(53-25-11-7-12-26-53,54-27-13-8-14-28-54)64-48-47-60-59-35-21-24-38-63(59)70(65(60)66(64)75(68(4,5)6,55-29-15-9-16-30-55)56-31-17-10-18-32-56)50-41-45-52(46-42-50)73(71,72)51-43-39-49(40-44-51)69-61-36-22-19-33-57(61)58-34-20-23-37-62(58)69/h7-48H,1-6H3. The lowest BCUT2D eigenvalue weighted by molar-refractivity contribution is 0.596. The van der Waals surface area contributed by atoms with Crippen molar-refractivity contribution in [1.29, 1.82) is 0 Å². The first-order valence-corrected chi connectivity index (χ1v) is 31.5. The Labute approximate surface area is 443 Å². The van der Waals surface area contributed by atoms with Crippen LogP contribution in [0.25, 0.3) is 55.0 Å². The summed E-state index contributed by atoms with van der Waals surface area (Å²) in [5.74, 6) is 0. The molecular weight excluding hydrogens is 965 g/mol. The van der Waals surface area contributed by atoms with Crippen molar-refractivity contribution < 1.29 is 8.42 Å². The predicted molar refractivity (Wildman–Crippen MR) is 322 cm³/mol. The molecule has 0 spiro atoms. The first kappa shape index (κ1) is 48.1. The smallest absolute Gasteiger partial charge is 0.206 e. The molecule has 0 amide bonds. The highest BCUT2D eigenvalue weighted by atomic mass is 32.2. The minimum absolute atomic E-state index is 0.224. The maximum atomic E-state index is 14.8. The van der Waals surface area contributed by atoms with Gasteiger partial charge in [0.15, 0.2) is 16.1 Å². The lowest BCUT2D eigenvalue weighted by Gasteiger charge is -2.51. The van der Waals surface area contributed by atoms with Crippen LogP contribution in [0, 0.1) is 0 Å². The van der Waals surface area contributed by atoms with Crippen molar-refractivity contribution in [3.05, 3.63) is 255 Å². The van der Waals surface area contributed by atoms with E-state index in [2.05, 4.69) is 245 Å². The van der Waals surface area contributed by atoms with E-state index in [-0.39, 0.29) is 19.9 Å². The zero-order valence-corrected chi connectivity index (χ0v) is 46.2. The Morgan fingerprint density at radius 1 is 0.320 bits per heavy atom. The van der Waals surface area contributed by atoms with Crippen LogP contribution in [0.5, 0.6) is 0 Å². The fourth-order valence-corrected chi connectivity index (χ4v) is 27.1. The molecule has 0 N–H and O–H groups in total. The fourth-order valence-electron chi connectivity index (χ4n) is 13.1. The molecule has 0 saturated carbocycles. The molecule has 0 saturated heterocycles. The van der Waals surface area contributed by atoms with Crippen molar-refractivity contribution in [2.75, 3.05) is 0 Å². The summed E-state index contributed by atoms with van der Waals surface area (Å²) in [6, 6.07) is 90.9. The number of para-hydroxylation sites is 3. The Bertz CT molecular complexity index is 4040. The van der Waals surface area contributed by atoms with E-state index in [1.54, 1.807) is 24.3 Å². The molecule has 12 aromatic rings. The quantitative estimate of drug-likeness (QED) is 0.101. The minimum atomic E-state index is -3.91. The SMILES string of the molecule is CC(C)(C)[Si](c1ccccc1)(c1ccccc1)c1ccc2c3ccccc3n(-c3ccc(S(=O)(=O)c4ccc(-n5c6ccccc6c6ccccc65)cc4)cc3)c2c1[Si](c1ccccc1)(c1ccccc1)C(C)(C)C. The molecule has 0 bridgehead atoms. The summed E-state index contributed by atoms with van der Waals surface area (Å²) >= 11 is 0. The van der Waals surface area contributed by atoms with Crippen LogP contribution in [-0.2, 0) is 9.84 Å². The second-order valence-electron chi connectivity index (χ2n) is 22.1. The molecule has 2 aromatic heterocycles. The van der Waals surface area contributed by atoms with Gasteiger partial charge in [-0.2, -0.15) is 0 Å². The molecule has 0 aliphatic carbocycles. The summed E-state index contributed by atoms with van der Waals surface area (Å²) in [4.78, 5) is 0.498. The molecule has 0 atom stereocenters. The van der Waals surface area contributed by atoms with Gasteiger partial charge in [-0.05, 0) is 108 Å². The van der Waals surface area contributed by atoms with Crippen LogP contribution in [0.15, 0.2) is 265 Å².